The van der Waals surface area contributed by atoms with Crippen molar-refractivity contribution in [3.8, 4) is 11.8 Å². The first kappa shape index (κ1) is 11.5. The molecule has 0 amide bonds. The second-order valence-corrected chi connectivity index (χ2v) is 2.94. The van der Waals surface area contributed by atoms with Crippen LogP contribution in [-0.4, -0.2) is 18.8 Å². The van der Waals surface area contributed by atoms with Gasteiger partial charge in [0.25, 0.3) is 0 Å². The van der Waals surface area contributed by atoms with Gasteiger partial charge in [-0.05, 0) is 12.1 Å². The van der Waals surface area contributed by atoms with Gasteiger partial charge in [-0.2, -0.15) is 5.26 Å². The molecule has 5 heteroatoms. The Morgan fingerprint density at radius 1 is 1.67 bits per heavy atom. The summed E-state index contributed by atoms with van der Waals surface area (Å²) in [4.78, 5) is 11.4. The Morgan fingerprint density at radius 3 is 2.80 bits per heavy atom. The van der Waals surface area contributed by atoms with E-state index < -0.39 is 11.6 Å². The second-order valence-electron chi connectivity index (χ2n) is 2.67. The molecule has 0 fully saturated rings. The minimum absolute atomic E-state index is 0.0545. The van der Waals surface area contributed by atoms with Crippen molar-refractivity contribution >= 4 is 17.4 Å². The Hall–Kier alpha value is -1.60. The molecule has 1 aromatic carbocycles. The summed E-state index contributed by atoms with van der Waals surface area (Å²) in [6.07, 6.45) is 0. The summed E-state index contributed by atoms with van der Waals surface area (Å²) in [6.45, 7) is 0. The van der Waals surface area contributed by atoms with Crippen molar-refractivity contribution in [1.82, 2.24) is 0 Å². The van der Waals surface area contributed by atoms with Crippen molar-refractivity contribution in [2.75, 3.05) is 13.0 Å². The number of hydrogen-bond acceptors (Lipinski definition) is 3. The highest BCUT2D eigenvalue weighted by Crippen LogP contribution is 2.26. The summed E-state index contributed by atoms with van der Waals surface area (Å²) in [6, 6.07) is 4.08. The summed E-state index contributed by atoms with van der Waals surface area (Å²) in [7, 11) is 1.23. The minimum Gasteiger partial charge on any atom is -0.493 e. The van der Waals surface area contributed by atoms with Crippen LogP contribution >= 0.6 is 11.6 Å². The summed E-state index contributed by atoms with van der Waals surface area (Å²) >= 11 is 5.36. The molecule has 0 saturated heterocycles. The molecular formula is C10H7ClFNO2. The first-order chi connectivity index (χ1) is 7.15. The lowest BCUT2D eigenvalue weighted by atomic mass is 10.0. The van der Waals surface area contributed by atoms with Crippen LogP contribution in [0.5, 0.6) is 5.75 Å². The zero-order chi connectivity index (χ0) is 11.4. The molecule has 0 atom stereocenters. The number of nitrogens with zero attached hydrogens (tertiary/aromatic N) is 1. The Labute approximate surface area is 91.0 Å². The van der Waals surface area contributed by atoms with Crippen LogP contribution in [0.25, 0.3) is 0 Å². The average Bonchev–Trinajstić information content (AvgIpc) is 2.27. The third-order valence-electron chi connectivity index (χ3n) is 1.83. The van der Waals surface area contributed by atoms with E-state index in [9.17, 15) is 9.18 Å². The fourth-order valence-electron chi connectivity index (χ4n) is 1.19. The van der Waals surface area contributed by atoms with E-state index in [1.807, 2.05) is 0 Å². The molecule has 0 bridgehead atoms. The maximum atomic E-state index is 13.2. The molecule has 0 aliphatic rings. The maximum Gasteiger partial charge on any atom is 0.182 e. The zero-order valence-electron chi connectivity index (χ0n) is 7.88. The van der Waals surface area contributed by atoms with Gasteiger partial charge >= 0.3 is 0 Å². The molecule has 0 spiro atoms. The number of Topliss-reactive ketones (excluding diaryl/α,β-unsaturated/α-hetero) is 1. The minimum atomic E-state index is -0.690. The molecule has 15 heavy (non-hydrogen) atoms. The number of hydrogen-bond donors (Lipinski definition) is 0. The van der Waals surface area contributed by atoms with Crippen LogP contribution < -0.4 is 4.74 Å². The van der Waals surface area contributed by atoms with Gasteiger partial charge in [-0.1, -0.05) is 0 Å². The van der Waals surface area contributed by atoms with Crippen LogP contribution in [0.3, 0.4) is 0 Å². The van der Waals surface area contributed by atoms with Crippen LogP contribution in [0.4, 0.5) is 4.39 Å². The normalized spacial score (nSPS) is 9.47. The molecule has 0 heterocycles. The Kier molecular flexibility index (Phi) is 3.64. The summed E-state index contributed by atoms with van der Waals surface area (Å²) < 4.78 is 18.0. The number of alkyl halides is 1. The van der Waals surface area contributed by atoms with Crippen LogP contribution in [0.2, 0.25) is 0 Å². The van der Waals surface area contributed by atoms with Gasteiger partial charge in [0.2, 0.25) is 0 Å². The van der Waals surface area contributed by atoms with Crippen molar-refractivity contribution in [3.63, 3.8) is 0 Å². The molecule has 1 aromatic rings. The number of ether oxygens (including phenoxy) is 1. The number of carbonyl (C=O) groups is 1. The highest BCUT2D eigenvalue weighted by Gasteiger charge is 2.19. The molecular weight excluding hydrogens is 221 g/mol. The fourth-order valence-corrected chi connectivity index (χ4v) is 1.33. The van der Waals surface area contributed by atoms with E-state index in [1.165, 1.54) is 13.2 Å². The van der Waals surface area contributed by atoms with Gasteiger partial charge in [0.15, 0.2) is 17.3 Å². The third-order valence-corrected chi connectivity index (χ3v) is 2.08. The molecule has 0 aliphatic heterocycles. The van der Waals surface area contributed by atoms with E-state index in [4.69, 9.17) is 21.6 Å². The number of ketones is 1. The molecule has 0 aliphatic carbocycles. The molecule has 78 valence electrons. The number of carbonyl (C=O) groups excluding carboxylic acids is 1. The quantitative estimate of drug-likeness (QED) is 0.587. The predicted octanol–water partition coefficient (Wildman–Crippen LogP) is 2.13. The molecule has 0 unspecified atom stereocenters. The van der Waals surface area contributed by atoms with Crippen molar-refractivity contribution in [3.05, 3.63) is 29.1 Å². The lowest BCUT2D eigenvalue weighted by Gasteiger charge is -2.08. The van der Waals surface area contributed by atoms with Crippen molar-refractivity contribution in [1.29, 1.82) is 5.26 Å². The van der Waals surface area contributed by atoms with Gasteiger partial charge in [0.05, 0.1) is 24.1 Å². The van der Waals surface area contributed by atoms with E-state index in [2.05, 4.69) is 0 Å². The van der Waals surface area contributed by atoms with Crippen LogP contribution in [0.15, 0.2) is 12.1 Å². The molecule has 0 aromatic heterocycles. The summed E-state index contributed by atoms with van der Waals surface area (Å²) in [5.41, 5.74) is -0.0473. The van der Waals surface area contributed by atoms with E-state index in [1.54, 1.807) is 6.07 Å². The highest BCUT2D eigenvalue weighted by atomic mass is 35.5. The fraction of sp³-hybridized carbons (Fsp3) is 0.200. The highest BCUT2D eigenvalue weighted by molar-refractivity contribution is 6.31. The van der Waals surface area contributed by atoms with Crippen molar-refractivity contribution in [2.45, 2.75) is 0 Å². The Balaban J connectivity index is 3.49. The average molecular weight is 228 g/mol. The van der Waals surface area contributed by atoms with Gasteiger partial charge in [0.1, 0.15) is 6.07 Å². The number of nitriles is 1. The lowest BCUT2D eigenvalue weighted by Crippen LogP contribution is -2.07. The zero-order valence-corrected chi connectivity index (χ0v) is 8.64. The van der Waals surface area contributed by atoms with E-state index in [-0.39, 0.29) is 22.8 Å². The van der Waals surface area contributed by atoms with Crippen LogP contribution in [0.1, 0.15) is 15.9 Å². The number of halogens is 2. The summed E-state index contributed by atoms with van der Waals surface area (Å²) in [5, 5.41) is 8.75. The first-order valence-corrected chi connectivity index (χ1v) is 4.55. The van der Waals surface area contributed by atoms with Crippen molar-refractivity contribution in [2.24, 2.45) is 0 Å². The molecule has 1 rings (SSSR count). The first-order valence-electron chi connectivity index (χ1n) is 4.01. The maximum absolute atomic E-state index is 13.2. The smallest absolute Gasteiger partial charge is 0.182 e. The third kappa shape index (κ3) is 2.08. The van der Waals surface area contributed by atoms with E-state index in [0.29, 0.717) is 0 Å². The van der Waals surface area contributed by atoms with Crippen molar-refractivity contribution < 1.29 is 13.9 Å². The van der Waals surface area contributed by atoms with E-state index >= 15 is 0 Å². The van der Waals surface area contributed by atoms with Gasteiger partial charge in [0, 0.05) is 0 Å². The van der Waals surface area contributed by atoms with Crippen LogP contribution in [-0.2, 0) is 0 Å². The van der Waals surface area contributed by atoms with E-state index in [0.717, 1.165) is 6.07 Å². The Bertz CT molecular complexity index is 440. The number of rotatable bonds is 3. The predicted molar refractivity (Wildman–Crippen MR) is 52.7 cm³/mol. The lowest BCUT2D eigenvalue weighted by molar-refractivity contribution is 0.101. The van der Waals surface area contributed by atoms with Gasteiger partial charge < -0.3 is 4.74 Å². The molecule has 0 radical (unpaired) electrons. The standard InChI is InChI=1S/C10H7ClFNO2/c1-15-10-7(12)3-2-6(5-13)9(10)8(14)4-11/h2-3H,4H2,1H3. The topological polar surface area (TPSA) is 50.1 Å². The molecule has 0 N–H and O–H groups in total. The van der Waals surface area contributed by atoms with Crippen LogP contribution in [0, 0.1) is 17.1 Å². The monoisotopic (exact) mass is 227 g/mol. The number of benzene rings is 1. The van der Waals surface area contributed by atoms with Gasteiger partial charge in [-0.15, -0.1) is 11.6 Å². The summed E-state index contributed by atoms with van der Waals surface area (Å²) in [5.74, 6) is -1.79. The second kappa shape index (κ2) is 4.76. The SMILES string of the molecule is COc1c(F)ccc(C#N)c1C(=O)CCl. The van der Waals surface area contributed by atoms with Gasteiger partial charge in [-0.25, -0.2) is 4.39 Å². The molecule has 0 saturated carbocycles. The largest absolute Gasteiger partial charge is 0.493 e. The van der Waals surface area contributed by atoms with Gasteiger partial charge in [-0.3, -0.25) is 4.79 Å². The molecule has 3 nitrogen and oxygen atoms in total. The number of methoxy groups -OCH3 is 1. The Morgan fingerprint density at radius 2 is 2.33 bits per heavy atom.